The molecule has 0 spiro atoms. The van der Waals surface area contributed by atoms with Gasteiger partial charge >= 0.3 is 0 Å². The minimum absolute atomic E-state index is 0.360. The summed E-state index contributed by atoms with van der Waals surface area (Å²) < 4.78 is 18.3. The number of carbonyl (C=O) groups is 2. The molecule has 0 fully saturated rings. The minimum atomic E-state index is -0.862. The van der Waals surface area contributed by atoms with E-state index in [4.69, 9.17) is 4.74 Å². The van der Waals surface area contributed by atoms with Gasteiger partial charge in [-0.25, -0.2) is 4.39 Å². The number of halogens is 1. The average molecular weight is 401 g/mol. The van der Waals surface area contributed by atoms with Gasteiger partial charge in [-0.2, -0.15) is 0 Å². The number of nitrogens with zero attached hydrogens (tertiary/aromatic N) is 1. The monoisotopic (exact) mass is 401 g/mol. The number of hydrogen-bond acceptors (Lipinski definition) is 4. The SMILES string of the molecule is CCN(Cc1ccc(C(=O)NNC(=O)C(C)Oc2ccc(F)cc2)cc1)C(C)C. The Balaban J connectivity index is 1.84. The van der Waals surface area contributed by atoms with E-state index in [1.165, 1.54) is 31.2 Å². The smallest absolute Gasteiger partial charge is 0.279 e. The first kappa shape index (κ1) is 22.4. The molecule has 0 aliphatic rings. The van der Waals surface area contributed by atoms with Crippen LogP contribution in [0.3, 0.4) is 0 Å². The van der Waals surface area contributed by atoms with Crippen molar-refractivity contribution in [2.45, 2.75) is 46.4 Å². The van der Waals surface area contributed by atoms with Crippen LogP contribution in [-0.4, -0.2) is 35.4 Å². The highest BCUT2D eigenvalue weighted by Crippen LogP contribution is 2.13. The van der Waals surface area contributed by atoms with E-state index in [9.17, 15) is 14.0 Å². The second-order valence-corrected chi connectivity index (χ2v) is 7.01. The van der Waals surface area contributed by atoms with Gasteiger partial charge in [0.05, 0.1) is 0 Å². The van der Waals surface area contributed by atoms with Crippen molar-refractivity contribution in [2.75, 3.05) is 6.54 Å². The number of hydrazine groups is 1. The molecule has 0 radical (unpaired) electrons. The van der Waals surface area contributed by atoms with Crippen LogP contribution in [0.4, 0.5) is 4.39 Å². The fourth-order valence-corrected chi connectivity index (χ4v) is 2.72. The van der Waals surface area contributed by atoms with Gasteiger partial charge in [0, 0.05) is 18.2 Å². The molecule has 0 saturated heterocycles. The molecule has 0 aliphatic heterocycles. The summed E-state index contributed by atoms with van der Waals surface area (Å²) in [6.07, 6.45) is -0.862. The molecule has 2 aromatic carbocycles. The summed E-state index contributed by atoms with van der Waals surface area (Å²) in [5.41, 5.74) is 6.26. The number of ether oxygens (including phenoxy) is 1. The summed E-state index contributed by atoms with van der Waals surface area (Å²) in [4.78, 5) is 26.7. The highest BCUT2D eigenvalue weighted by Gasteiger charge is 2.16. The van der Waals surface area contributed by atoms with Crippen LogP contribution in [0.1, 0.15) is 43.6 Å². The summed E-state index contributed by atoms with van der Waals surface area (Å²) in [6.45, 7) is 9.71. The molecule has 1 atom stereocenters. The third-order valence-electron chi connectivity index (χ3n) is 4.53. The van der Waals surface area contributed by atoms with Crippen molar-refractivity contribution in [1.29, 1.82) is 0 Å². The third-order valence-corrected chi connectivity index (χ3v) is 4.53. The molecule has 0 bridgehead atoms. The minimum Gasteiger partial charge on any atom is -0.481 e. The summed E-state index contributed by atoms with van der Waals surface area (Å²) in [6, 6.07) is 13.0. The fraction of sp³-hybridized carbons (Fsp3) is 0.364. The second kappa shape index (κ2) is 10.6. The number of hydrogen-bond donors (Lipinski definition) is 2. The Morgan fingerprint density at radius 2 is 1.62 bits per heavy atom. The Labute approximate surface area is 171 Å². The first-order valence-electron chi connectivity index (χ1n) is 9.65. The molecule has 6 nitrogen and oxygen atoms in total. The lowest BCUT2D eigenvalue weighted by molar-refractivity contribution is -0.128. The van der Waals surface area contributed by atoms with E-state index in [1.54, 1.807) is 12.1 Å². The molecule has 2 aromatic rings. The molecule has 7 heteroatoms. The Hall–Kier alpha value is -2.93. The lowest BCUT2D eigenvalue weighted by atomic mass is 10.1. The molecule has 2 amide bonds. The molecule has 0 saturated carbocycles. The number of carbonyl (C=O) groups excluding carboxylic acids is 2. The van der Waals surface area contributed by atoms with E-state index in [0.717, 1.165) is 18.7 Å². The standard InChI is InChI=1S/C22H28FN3O3/c1-5-26(15(2)3)14-17-6-8-18(9-7-17)22(28)25-24-21(27)16(4)29-20-12-10-19(23)11-13-20/h6-13,15-16H,5,14H2,1-4H3,(H,24,27)(H,25,28). The average Bonchev–Trinajstić information content (AvgIpc) is 2.71. The number of amides is 2. The number of rotatable bonds is 8. The third kappa shape index (κ3) is 6.87. The van der Waals surface area contributed by atoms with Crippen LogP contribution in [0.2, 0.25) is 0 Å². The van der Waals surface area contributed by atoms with Gasteiger partial charge in [0.2, 0.25) is 0 Å². The Morgan fingerprint density at radius 3 is 2.17 bits per heavy atom. The van der Waals surface area contributed by atoms with Crippen molar-refractivity contribution < 1.29 is 18.7 Å². The highest BCUT2D eigenvalue weighted by atomic mass is 19.1. The Morgan fingerprint density at radius 1 is 1.00 bits per heavy atom. The van der Waals surface area contributed by atoms with E-state index in [1.807, 2.05) is 12.1 Å². The first-order chi connectivity index (χ1) is 13.8. The van der Waals surface area contributed by atoms with E-state index in [-0.39, 0.29) is 5.82 Å². The molecule has 2 N–H and O–H groups in total. The molecule has 2 rings (SSSR count). The van der Waals surface area contributed by atoms with Crippen molar-refractivity contribution in [1.82, 2.24) is 15.8 Å². The predicted molar refractivity (Wildman–Crippen MR) is 110 cm³/mol. The summed E-state index contributed by atoms with van der Waals surface area (Å²) in [5, 5.41) is 0. The fourth-order valence-electron chi connectivity index (χ4n) is 2.72. The van der Waals surface area contributed by atoms with Crippen LogP contribution in [-0.2, 0) is 11.3 Å². The van der Waals surface area contributed by atoms with Crippen LogP contribution in [0.15, 0.2) is 48.5 Å². The van der Waals surface area contributed by atoms with Gasteiger partial charge < -0.3 is 4.74 Å². The lowest BCUT2D eigenvalue weighted by Gasteiger charge is -2.24. The van der Waals surface area contributed by atoms with Gasteiger partial charge in [0.1, 0.15) is 11.6 Å². The quantitative estimate of drug-likeness (QED) is 0.666. The second-order valence-electron chi connectivity index (χ2n) is 7.01. The van der Waals surface area contributed by atoms with Crippen molar-refractivity contribution in [3.8, 4) is 5.75 Å². The molecular weight excluding hydrogens is 373 g/mol. The zero-order valence-electron chi connectivity index (χ0n) is 17.2. The predicted octanol–water partition coefficient (Wildman–Crippen LogP) is 3.28. The summed E-state index contributed by atoms with van der Waals surface area (Å²) in [7, 11) is 0. The van der Waals surface area contributed by atoms with Crippen molar-refractivity contribution >= 4 is 11.8 Å². The lowest BCUT2D eigenvalue weighted by Crippen LogP contribution is -2.47. The Kier molecular flexibility index (Phi) is 8.15. The van der Waals surface area contributed by atoms with Crippen molar-refractivity contribution in [3.63, 3.8) is 0 Å². The van der Waals surface area contributed by atoms with E-state index < -0.39 is 17.9 Å². The van der Waals surface area contributed by atoms with E-state index in [2.05, 4.69) is 36.5 Å². The van der Waals surface area contributed by atoms with Crippen molar-refractivity contribution in [3.05, 3.63) is 65.5 Å². The summed E-state index contributed by atoms with van der Waals surface area (Å²) >= 11 is 0. The van der Waals surface area contributed by atoms with Gasteiger partial charge in [-0.15, -0.1) is 0 Å². The maximum Gasteiger partial charge on any atom is 0.279 e. The molecule has 29 heavy (non-hydrogen) atoms. The molecule has 0 aromatic heterocycles. The van der Waals surface area contributed by atoms with Gasteiger partial charge in [-0.05, 0) is 69.3 Å². The highest BCUT2D eigenvalue weighted by molar-refractivity contribution is 5.95. The van der Waals surface area contributed by atoms with Crippen molar-refractivity contribution in [2.24, 2.45) is 0 Å². The van der Waals surface area contributed by atoms with Crippen LogP contribution in [0.5, 0.6) is 5.75 Å². The van der Waals surface area contributed by atoms with Crippen LogP contribution >= 0.6 is 0 Å². The number of nitrogens with one attached hydrogen (secondary N) is 2. The molecule has 0 aliphatic carbocycles. The van der Waals surface area contributed by atoms with E-state index >= 15 is 0 Å². The zero-order chi connectivity index (χ0) is 21.4. The van der Waals surface area contributed by atoms with Crippen LogP contribution < -0.4 is 15.6 Å². The zero-order valence-corrected chi connectivity index (χ0v) is 17.2. The van der Waals surface area contributed by atoms with Gasteiger partial charge in [0.15, 0.2) is 6.10 Å². The van der Waals surface area contributed by atoms with Gasteiger partial charge in [-0.3, -0.25) is 25.3 Å². The number of benzene rings is 2. The topological polar surface area (TPSA) is 70.7 Å². The molecule has 1 unspecified atom stereocenters. The first-order valence-corrected chi connectivity index (χ1v) is 9.65. The van der Waals surface area contributed by atoms with E-state index in [0.29, 0.717) is 17.4 Å². The molecule has 156 valence electrons. The van der Waals surface area contributed by atoms with Gasteiger partial charge in [0.25, 0.3) is 11.8 Å². The van der Waals surface area contributed by atoms with Gasteiger partial charge in [-0.1, -0.05) is 19.1 Å². The largest absolute Gasteiger partial charge is 0.481 e. The van der Waals surface area contributed by atoms with Crippen LogP contribution in [0, 0.1) is 5.82 Å². The Bertz CT molecular complexity index is 807. The molecule has 0 heterocycles. The van der Waals surface area contributed by atoms with Crippen LogP contribution in [0.25, 0.3) is 0 Å². The maximum absolute atomic E-state index is 12.9. The maximum atomic E-state index is 12.9. The normalized spacial score (nSPS) is 12.0. The molecular formula is C22H28FN3O3. The summed E-state index contributed by atoms with van der Waals surface area (Å²) in [5.74, 6) is -0.970.